The molecule has 2 heterocycles. The van der Waals surface area contributed by atoms with Gasteiger partial charge in [0, 0.05) is 25.7 Å². The Morgan fingerprint density at radius 2 is 2.11 bits per heavy atom. The highest BCUT2D eigenvalue weighted by molar-refractivity contribution is 5.97. The number of aromatic nitrogens is 2. The van der Waals surface area contributed by atoms with Crippen LogP contribution in [0.25, 0.3) is 0 Å². The van der Waals surface area contributed by atoms with Crippen molar-refractivity contribution in [2.75, 3.05) is 4.90 Å². The molecular weight excluding hydrogens is 246 g/mol. The lowest BCUT2D eigenvalue weighted by atomic mass is 9.81. The molecule has 19 heavy (non-hydrogen) atoms. The molecule has 0 bridgehead atoms. The maximum absolute atomic E-state index is 12.2. The number of anilines is 1. The van der Waals surface area contributed by atoms with E-state index in [4.69, 9.17) is 0 Å². The largest absolute Gasteiger partial charge is 0.481 e. The third-order valence-electron chi connectivity index (χ3n) is 3.84. The highest BCUT2D eigenvalue weighted by Crippen LogP contribution is 2.34. The fourth-order valence-corrected chi connectivity index (χ4v) is 2.99. The summed E-state index contributed by atoms with van der Waals surface area (Å²) in [7, 11) is 1.78. The highest BCUT2D eigenvalue weighted by Gasteiger charge is 2.43. The van der Waals surface area contributed by atoms with Crippen molar-refractivity contribution in [2.45, 2.75) is 33.2 Å². The van der Waals surface area contributed by atoms with Crippen LogP contribution in [0.15, 0.2) is 6.20 Å². The molecule has 6 nitrogen and oxygen atoms in total. The van der Waals surface area contributed by atoms with Gasteiger partial charge >= 0.3 is 5.97 Å². The van der Waals surface area contributed by atoms with Crippen molar-refractivity contribution < 1.29 is 14.7 Å². The maximum Gasteiger partial charge on any atom is 0.308 e. The van der Waals surface area contributed by atoms with Gasteiger partial charge < -0.3 is 10.0 Å². The third-order valence-corrected chi connectivity index (χ3v) is 3.84. The Labute approximate surface area is 112 Å². The van der Waals surface area contributed by atoms with Crippen molar-refractivity contribution in [3.8, 4) is 0 Å². The van der Waals surface area contributed by atoms with E-state index in [1.165, 1.54) is 0 Å². The molecule has 1 saturated heterocycles. The fraction of sp³-hybridized carbons (Fsp3) is 0.615. The smallest absolute Gasteiger partial charge is 0.308 e. The molecule has 1 aromatic rings. The molecular formula is C13H19N3O3. The van der Waals surface area contributed by atoms with Crippen molar-refractivity contribution in [1.82, 2.24) is 9.78 Å². The van der Waals surface area contributed by atoms with Crippen LogP contribution in [-0.4, -0.2) is 32.8 Å². The van der Waals surface area contributed by atoms with Gasteiger partial charge in [0.05, 0.1) is 17.3 Å². The number of carbonyl (C=O) groups excluding carboxylic acids is 1. The summed E-state index contributed by atoms with van der Waals surface area (Å²) in [4.78, 5) is 25.2. The Kier molecular flexibility index (Phi) is 3.34. The molecule has 6 heteroatoms. The van der Waals surface area contributed by atoms with Gasteiger partial charge in [0.25, 0.3) is 0 Å². The molecule has 2 rings (SSSR count). The number of hydrogen-bond donors (Lipinski definition) is 1. The average Bonchev–Trinajstić information content (AvgIpc) is 2.56. The third kappa shape index (κ3) is 2.22. The second-order valence-corrected chi connectivity index (χ2v) is 5.32. The molecule has 3 unspecified atom stereocenters. The van der Waals surface area contributed by atoms with Crippen molar-refractivity contribution in [2.24, 2.45) is 18.9 Å². The van der Waals surface area contributed by atoms with Crippen LogP contribution in [0.1, 0.15) is 26.0 Å². The predicted octanol–water partition coefficient (Wildman–Crippen LogP) is 1.19. The number of rotatable bonds is 2. The Morgan fingerprint density at radius 3 is 2.58 bits per heavy atom. The number of amides is 1. The zero-order valence-electron chi connectivity index (χ0n) is 11.6. The summed E-state index contributed by atoms with van der Waals surface area (Å²) < 4.78 is 1.64. The van der Waals surface area contributed by atoms with Gasteiger partial charge in [-0.05, 0) is 19.8 Å². The van der Waals surface area contributed by atoms with E-state index in [1.54, 1.807) is 29.7 Å². The molecule has 1 fully saturated rings. The van der Waals surface area contributed by atoms with Gasteiger partial charge in [-0.2, -0.15) is 5.10 Å². The molecule has 104 valence electrons. The van der Waals surface area contributed by atoms with E-state index < -0.39 is 11.9 Å². The number of aryl methyl sites for hydroxylation is 2. The standard InChI is InChI=1S/C13H19N3O3/c1-7-5-11(17)16(9(3)12(7)13(18)19)10-6-15(4)14-8(10)2/h6-7,9,12H,5H2,1-4H3,(H,18,19). The summed E-state index contributed by atoms with van der Waals surface area (Å²) in [5.74, 6) is -1.57. The van der Waals surface area contributed by atoms with Crippen LogP contribution in [0.5, 0.6) is 0 Å². The van der Waals surface area contributed by atoms with E-state index in [2.05, 4.69) is 5.10 Å². The Balaban J connectivity index is 2.41. The molecule has 0 saturated carbocycles. The van der Waals surface area contributed by atoms with Crippen LogP contribution in [-0.2, 0) is 16.6 Å². The van der Waals surface area contributed by atoms with Gasteiger partial charge in [0.2, 0.25) is 5.91 Å². The van der Waals surface area contributed by atoms with Gasteiger partial charge in [-0.1, -0.05) is 6.92 Å². The van der Waals surface area contributed by atoms with Crippen LogP contribution in [0.4, 0.5) is 5.69 Å². The molecule has 1 aliphatic rings. The SMILES string of the molecule is Cc1nn(C)cc1N1C(=O)CC(C)C(C(=O)O)C1C. The first-order valence-corrected chi connectivity index (χ1v) is 6.38. The lowest BCUT2D eigenvalue weighted by Gasteiger charge is -2.40. The number of carbonyl (C=O) groups is 2. The molecule has 1 amide bonds. The van der Waals surface area contributed by atoms with Crippen molar-refractivity contribution in [3.05, 3.63) is 11.9 Å². The zero-order valence-corrected chi connectivity index (χ0v) is 11.6. The predicted molar refractivity (Wildman–Crippen MR) is 69.8 cm³/mol. The van der Waals surface area contributed by atoms with Gasteiger partial charge in [0.15, 0.2) is 0 Å². The number of nitrogens with zero attached hydrogens (tertiary/aromatic N) is 3. The second kappa shape index (κ2) is 4.68. The lowest BCUT2D eigenvalue weighted by Crippen LogP contribution is -2.53. The van der Waals surface area contributed by atoms with Gasteiger partial charge in [-0.15, -0.1) is 0 Å². The molecule has 0 radical (unpaired) electrons. The first kappa shape index (κ1) is 13.6. The number of carboxylic acids is 1. The second-order valence-electron chi connectivity index (χ2n) is 5.32. The molecule has 0 spiro atoms. The van der Waals surface area contributed by atoms with Gasteiger partial charge in [-0.3, -0.25) is 14.3 Å². The number of carboxylic acid groups (broad SMARTS) is 1. The minimum atomic E-state index is -0.848. The van der Waals surface area contributed by atoms with E-state index >= 15 is 0 Å². The fourth-order valence-electron chi connectivity index (χ4n) is 2.99. The summed E-state index contributed by atoms with van der Waals surface area (Å²) >= 11 is 0. The van der Waals surface area contributed by atoms with Crippen molar-refractivity contribution in [3.63, 3.8) is 0 Å². The van der Waals surface area contributed by atoms with Crippen LogP contribution in [0.2, 0.25) is 0 Å². The monoisotopic (exact) mass is 265 g/mol. The number of hydrogen-bond acceptors (Lipinski definition) is 3. The Bertz CT molecular complexity index is 523. The van der Waals surface area contributed by atoms with Gasteiger partial charge in [0.1, 0.15) is 0 Å². The molecule has 1 N–H and O–H groups in total. The maximum atomic E-state index is 12.2. The van der Waals surface area contributed by atoms with E-state index in [0.29, 0.717) is 5.69 Å². The van der Waals surface area contributed by atoms with Crippen LogP contribution >= 0.6 is 0 Å². The molecule has 3 atom stereocenters. The number of piperidine rings is 1. The minimum absolute atomic E-state index is 0.0337. The summed E-state index contributed by atoms with van der Waals surface area (Å²) in [5, 5.41) is 13.6. The van der Waals surface area contributed by atoms with E-state index in [-0.39, 0.29) is 24.3 Å². The van der Waals surface area contributed by atoms with E-state index in [0.717, 1.165) is 5.69 Å². The minimum Gasteiger partial charge on any atom is -0.481 e. The van der Waals surface area contributed by atoms with Crippen molar-refractivity contribution in [1.29, 1.82) is 0 Å². The molecule has 0 aromatic carbocycles. The van der Waals surface area contributed by atoms with E-state index in [1.807, 2.05) is 13.8 Å². The first-order chi connectivity index (χ1) is 8.82. The summed E-state index contributed by atoms with van der Waals surface area (Å²) in [6.07, 6.45) is 2.02. The highest BCUT2D eigenvalue weighted by atomic mass is 16.4. The Hall–Kier alpha value is -1.85. The van der Waals surface area contributed by atoms with Crippen molar-refractivity contribution >= 4 is 17.6 Å². The van der Waals surface area contributed by atoms with Crippen LogP contribution in [0.3, 0.4) is 0 Å². The molecule has 1 aromatic heterocycles. The summed E-state index contributed by atoms with van der Waals surface area (Å²) in [6.45, 7) is 5.43. The topological polar surface area (TPSA) is 75.4 Å². The number of aliphatic carboxylic acids is 1. The van der Waals surface area contributed by atoms with Crippen LogP contribution < -0.4 is 4.90 Å². The Morgan fingerprint density at radius 1 is 1.47 bits per heavy atom. The molecule has 0 aliphatic carbocycles. The quantitative estimate of drug-likeness (QED) is 0.871. The summed E-state index contributed by atoms with van der Waals surface area (Å²) in [5.41, 5.74) is 1.44. The van der Waals surface area contributed by atoms with Crippen LogP contribution in [0, 0.1) is 18.8 Å². The zero-order chi connectivity index (χ0) is 14.3. The normalized spacial score (nSPS) is 27.7. The van der Waals surface area contributed by atoms with Gasteiger partial charge in [-0.25, -0.2) is 0 Å². The lowest BCUT2D eigenvalue weighted by molar-refractivity contribution is -0.146. The average molecular weight is 265 g/mol. The molecule has 1 aliphatic heterocycles. The van der Waals surface area contributed by atoms with E-state index in [9.17, 15) is 14.7 Å². The summed E-state index contributed by atoms with van der Waals surface area (Å²) in [6, 6.07) is -0.364. The first-order valence-electron chi connectivity index (χ1n) is 6.38.